The van der Waals surface area contributed by atoms with E-state index in [9.17, 15) is 10.1 Å². The third-order valence-electron chi connectivity index (χ3n) is 12.4. The summed E-state index contributed by atoms with van der Waals surface area (Å²) in [5.74, 6) is 4.58. The fourth-order valence-electron chi connectivity index (χ4n) is 10.6. The summed E-state index contributed by atoms with van der Waals surface area (Å²) in [5, 5.41) is 9.52. The van der Waals surface area contributed by atoms with Gasteiger partial charge in [-0.3, -0.25) is 4.79 Å². The molecule has 9 atom stereocenters. The van der Waals surface area contributed by atoms with E-state index in [0.29, 0.717) is 30.1 Å². The van der Waals surface area contributed by atoms with Gasteiger partial charge in [0.15, 0.2) is 6.61 Å². The molecule has 0 heterocycles. The third kappa shape index (κ3) is 3.63. The smallest absolute Gasteiger partial charge is 0.313 e. The second kappa shape index (κ2) is 9.39. The Hall–Kier alpha value is -2.00. The van der Waals surface area contributed by atoms with Crippen LogP contribution in [0.15, 0.2) is 24.3 Å². The lowest BCUT2D eigenvalue weighted by molar-refractivity contribution is -0.220. The van der Waals surface area contributed by atoms with Gasteiger partial charge in [0.05, 0.1) is 11.5 Å². The lowest BCUT2D eigenvalue weighted by Gasteiger charge is -2.70. The summed E-state index contributed by atoms with van der Waals surface area (Å²) in [5.41, 5.74) is 2.47. The van der Waals surface area contributed by atoms with Crippen molar-refractivity contribution in [2.24, 2.45) is 51.2 Å². The number of fused-ring (bicyclic) bond motifs is 5. The Labute approximate surface area is 220 Å². The van der Waals surface area contributed by atoms with Gasteiger partial charge in [0.25, 0.3) is 0 Å². The SMILES string of the molecule is C#CCOC(=O)[C@]12CC[C@@H](C(=C)C)[C@@H]1[C@H]1CC[C@@H]3[C@@](C)(CCC#N)[C@H](C(=C)C)CC[C@@]3(C)[C@]1(C)CC2. The first kappa shape index (κ1) is 27.0. The van der Waals surface area contributed by atoms with Crippen LogP contribution in [0.4, 0.5) is 0 Å². The van der Waals surface area contributed by atoms with Crippen molar-refractivity contribution in [2.75, 3.05) is 6.61 Å². The first-order valence-corrected chi connectivity index (χ1v) is 14.2. The summed E-state index contributed by atoms with van der Waals surface area (Å²) in [4.78, 5) is 13.6. The predicted molar refractivity (Wildman–Crippen MR) is 145 cm³/mol. The van der Waals surface area contributed by atoms with Gasteiger partial charge in [-0.05, 0) is 117 Å². The molecule has 196 valence electrons. The quantitative estimate of drug-likeness (QED) is 0.217. The van der Waals surface area contributed by atoms with Gasteiger partial charge in [-0.1, -0.05) is 51.0 Å². The van der Waals surface area contributed by atoms with Crippen LogP contribution >= 0.6 is 0 Å². The molecule has 0 bridgehead atoms. The van der Waals surface area contributed by atoms with Crippen LogP contribution in [-0.2, 0) is 9.53 Å². The molecule has 0 unspecified atom stereocenters. The van der Waals surface area contributed by atoms with Crippen LogP contribution < -0.4 is 0 Å². The predicted octanol–water partition coefficient (Wildman–Crippen LogP) is 7.88. The average molecular weight is 490 g/mol. The molecular weight excluding hydrogens is 442 g/mol. The summed E-state index contributed by atoms with van der Waals surface area (Å²) >= 11 is 0. The largest absolute Gasteiger partial charge is 0.452 e. The Morgan fingerprint density at radius 3 is 2.33 bits per heavy atom. The molecule has 4 rings (SSSR count). The van der Waals surface area contributed by atoms with Crippen molar-refractivity contribution < 1.29 is 9.53 Å². The monoisotopic (exact) mass is 489 g/mol. The summed E-state index contributed by atoms with van der Waals surface area (Å²) in [6.07, 6.45) is 15.5. The molecule has 3 heteroatoms. The first-order chi connectivity index (χ1) is 16.9. The fourth-order valence-corrected chi connectivity index (χ4v) is 10.6. The Morgan fingerprint density at radius 2 is 1.72 bits per heavy atom. The maximum Gasteiger partial charge on any atom is 0.313 e. The van der Waals surface area contributed by atoms with Crippen LogP contribution in [0.3, 0.4) is 0 Å². The number of carbonyl (C=O) groups is 1. The highest BCUT2D eigenvalue weighted by atomic mass is 16.5. The highest BCUT2D eigenvalue weighted by molar-refractivity contribution is 5.78. The van der Waals surface area contributed by atoms with E-state index in [4.69, 9.17) is 11.2 Å². The lowest BCUT2D eigenvalue weighted by Crippen LogP contribution is -2.64. The number of nitriles is 1. The summed E-state index contributed by atoms with van der Waals surface area (Å²) < 4.78 is 5.68. The van der Waals surface area contributed by atoms with Crippen LogP contribution in [0, 0.1) is 74.9 Å². The van der Waals surface area contributed by atoms with E-state index in [1.165, 1.54) is 17.6 Å². The molecular formula is C33H47NO2. The molecule has 3 nitrogen and oxygen atoms in total. The molecule has 0 aromatic rings. The van der Waals surface area contributed by atoms with Gasteiger partial charge in [0, 0.05) is 6.42 Å². The number of hydrogen-bond donors (Lipinski definition) is 0. The number of terminal acetylenes is 1. The molecule has 0 aliphatic heterocycles. The minimum absolute atomic E-state index is 0.0617. The van der Waals surface area contributed by atoms with Crippen LogP contribution in [0.1, 0.15) is 98.8 Å². The first-order valence-electron chi connectivity index (χ1n) is 14.2. The average Bonchev–Trinajstić information content (AvgIpc) is 3.23. The molecule has 0 aromatic heterocycles. The summed E-state index contributed by atoms with van der Waals surface area (Å²) in [6.45, 7) is 20.8. The minimum atomic E-state index is -0.424. The Bertz CT molecular complexity index is 1010. The lowest BCUT2D eigenvalue weighted by atomic mass is 9.34. The van der Waals surface area contributed by atoms with Crippen molar-refractivity contribution >= 4 is 5.97 Å². The van der Waals surface area contributed by atoms with Gasteiger partial charge in [0.2, 0.25) is 0 Å². The molecule has 0 aromatic carbocycles. The molecule has 4 aliphatic rings. The Kier molecular flexibility index (Phi) is 7.05. The highest BCUT2D eigenvalue weighted by Crippen LogP contribution is 2.76. The molecule has 4 saturated carbocycles. The zero-order chi connectivity index (χ0) is 26.5. The minimum Gasteiger partial charge on any atom is -0.452 e. The number of allylic oxidation sites excluding steroid dienone is 2. The maximum atomic E-state index is 13.6. The van der Waals surface area contributed by atoms with Crippen molar-refractivity contribution in [3.8, 4) is 18.4 Å². The zero-order valence-corrected chi connectivity index (χ0v) is 23.4. The molecule has 0 spiro atoms. The summed E-state index contributed by atoms with van der Waals surface area (Å²) in [7, 11) is 0. The third-order valence-corrected chi connectivity index (χ3v) is 12.4. The van der Waals surface area contributed by atoms with Crippen LogP contribution in [-0.4, -0.2) is 12.6 Å². The molecule has 4 fully saturated rings. The zero-order valence-electron chi connectivity index (χ0n) is 23.4. The van der Waals surface area contributed by atoms with Crippen molar-refractivity contribution in [3.05, 3.63) is 24.3 Å². The second-order valence-corrected chi connectivity index (χ2v) is 13.6. The van der Waals surface area contributed by atoms with Crippen LogP contribution in [0.25, 0.3) is 0 Å². The van der Waals surface area contributed by atoms with E-state index in [-0.39, 0.29) is 34.7 Å². The van der Waals surface area contributed by atoms with E-state index < -0.39 is 5.41 Å². The van der Waals surface area contributed by atoms with Gasteiger partial charge in [-0.15, -0.1) is 6.42 Å². The molecule has 36 heavy (non-hydrogen) atoms. The standard InChI is InChI=1S/C33H47NO2/c1-9-21-36-29(35)33-17-13-24(22(2)3)28(33)26-11-12-27-30(6,15-10-20-34)25(23(4)5)14-16-32(27,8)31(26,7)18-19-33/h1,24-28H,2,4,10-19,21H2,3,5-8H3/t24-,25-,26+,27+,28+,30-,31+,32+,33-/m0/s1. The van der Waals surface area contributed by atoms with Crippen molar-refractivity contribution in [1.82, 2.24) is 0 Å². The van der Waals surface area contributed by atoms with E-state index >= 15 is 0 Å². The van der Waals surface area contributed by atoms with Gasteiger partial charge in [-0.25, -0.2) is 0 Å². The molecule has 0 saturated heterocycles. The Morgan fingerprint density at radius 1 is 1.00 bits per heavy atom. The van der Waals surface area contributed by atoms with Crippen molar-refractivity contribution in [1.29, 1.82) is 5.26 Å². The van der Waals surface area contributed by atoms with E-state index in [0.717, 1.165) is 51.4 Å². The number of hydrogen-bond acceptors (Lipinski definition) is 3. The van der Waals surface area contributed by atoms with Crippen LogP contribution in [0.5, 0.6) is 0 Å². The molecule has 4 aliphatic carbocycles. The number of carbonyl (C=O) groups excluding carboxylic acids is 1. The topological polar surface area (TPSA) is 50.1 Å². The van der Waals surface area contributed by atoms with E-state index in [1.54, 1.807) is 0 Å². The highest BCUT2D eigenvalue weighted by Gasteiger charge is 2.70. The second-order valence-electron chi connectivity index (χ2n) is 13.6. The van der Waals surface area contributed by atoms with Gasteiger partial charge in [-0.2, -0.15) is 5.26 Å². The number of nitrogens with zero attached hydrogens (tertiary/aromatic N) is 1. The number of ether oxygens (including phenoxy) is 1. The Balaban J connectivity index is 1.77. The van der Waals surface area contributed by atoms with Crippen molar-refractivity contribution in [3.63, 3.8) is 0 Å². The van der Waals surface area contributed by atoms with Crippen molar-refractivity contribution in [2.45, 2.75) is 98.8 Å². The molecule has 0 N–H and O–H groups in total. The molecule has 0 amide bonds. The fraction of sp³-hybridized carbons (Fsp3) is 0.758. The normalized spacial score (nSPS) is 45.2. The molecule has 0 radical (unpaired) electrons. The van der Waals surface area contributed by atoms with E-state index in [2.05, 4.69) is 59.8 Å². The van der Waals surface area contributed by atoms with Gasteiger partial charge >= 0.3 is 5.97 Å². The van der Waals surface area contributed by atoms with Crippen LogP contribution in [0.2, 0.25) is 0 Å². The van der Waals surface area contributed by atoms with Gasteiger partial charge < -0.3 is 4.74 Å². The van der Waals surface area contributed by atoms with E-state index in [1.807, 2.05) is 0 Å². The number of esters is 1. The maximum absolute atomic E-state index is 13.6. The number of rotatable bonds is 6. The van der Waals surface area contributed by atoms with Gasteiger partial charge in [0.1, 0.15) is 0 Å². The summed E-state index contributed by atoms with van der Waals surface area (Å²) in [6, 6.07) is 2.45.